The zero-order chi connectivity index (χ0) is 17.9. The van der Waals surface area contributed by atoms with Gasteiger partial charge in [0.1, 0.15) is 9.77 Å². The monoisotopic (exact) mass is 401 g/mol. The molecular formula is C15H19N3O4S3. The van der Waals surface area contributed by atoms with E-state index in [1.807, 2.05) is 5.38 Å². The van der Waals surface area contributed by atoms with Crippen LogP contribution in [0.25, 0.3) is 0 Å². The van der Waals surface area contributed by atoms with Crippen LogP contribution in [-0.4, -0.2) is 46.1 Å². The molecule has 2 aromatic rings. The molecule has 3 rings (SSSR count). The Hall–Kier alpha value is -1.49. The molecule has 25 heavy (non-hydrogen) atoms. The molecule has 0 bridgehead atoms. The Morgan fingerprint density at radius 2 is 2.28 bits per heavy atom. The minimum Gasteiger partial charge on any atom is -0.465 e. The molecule has 2 aromatic heterocycles. The number of aromatic nitrogens is 1. The first-order valence-corrected chi connectivity index (χ1v) is 11.1. The first kappa shape index (κ1) is 18.3. The van der Waals surface area contributed by atoms with Crippen molar-refractivity contribution >= 4 is 43.8 Å². The molecule has 0 aromatic carbocycles. The van der Waals surface area contributed by atoms with Crippen LogP contribution in [0.15, 0.2) is 27.9 Å². The third kappa shape index (κ3) is 4.20. The number of methoxy groups -OCH3 is 1. The van der Waals surface area contributed by atoms with E-state index in [1.54, 1.807) is 22.9 Å². The minimum absolute atomic E-state index is 0.0167. The predicted molar refractivity (Wildman–Crippen MR) is 97.9 cm³/mol. The Balaban J connectivity index is 1.64. The van der Waals surface area contributed by atoms with Crippen LogP contribution in [0, 0.1) is 5.92 Å². The zero-order valence-corrected chi connectivity index (χ0v) is 16.1. The lowest BCUT2D eigenvalue weighted by Gasteiger charge is -2.32. The van der Waals surface area contributed by atoms with Crippen LogP contribution in [0.4, 0.5) is 5.13 Å². The van der Waals surface area contributed by atoms with Gasteiger partial charge in [-0.3, -0.25) is 0 Å². The van der Waals surface area contributed by atoms with E-state index in [9.17, 15) is 13.2 Å². The molecule has 3 heterocycles. The molecule has 0 saturated carbocycles. The molecule has 1 unspecified atom stereocenters. The van der Waals surface area contributed by atoms with Crippen LogP contribution in [0.1, 0.15) is 22.5 Å². The molecule has 0 aliphatic carbocycles. The predicted octanol–water partition coefficient (Wildman–Crippen LogP) is 2.19. The number of ether oxygens (including phenoxy) is 1. The molecule has 1 aliphatic rings. The average Bonchev–Trinajstić information content (AvgIpc) is 3.31. The summed E-state index contributed by atoms with van der Waals surface area (Å²) in [5.74, 6) is -0.435. The highest BCUT2D eigenvalue weighted by molar-refractivity contribution is 7.89. The topological polar surface area (TPSA) is 88.6 Å². The molecule has 10 heteroatoms. The number of thiazole rings is 1. The second kappa shape index (κ2) is 7.81. The van der Waals surface area contributed by atoms with Crippen molar-refractivity contribution in [1.82, 2.24) is 9.71 Å². The second-order valence-electron chi connectivity index (χ2n) is 5.73. The van der Waals surface area contributed by atoms with Crippen LogP contribution in [0.2, 0.25) is 0 Å². The summed E-state index contributed by atoms with van der Waals surface area (Å²) in [6.07, 6.45) is 3.73. The maximum absolute atomic E-state index is 12.6. The quantitative estimate of drug-likeness (QED) is 0.747. The molecule has 0 spiro atoms. The number of esters is 1. The summed E-state index contributed by atoms with van der Waals surface area (Å²) in [5, 5.41) is 4.48. The van der Waals surface area contributed by atoms with E-state index in [-0.39, 0.29) is 15.7 Å². The maximum atomic E-state index is 12.6. The Morgan fingerprint density at radius 3 is 3.00 bits per heavy atom. The molecule has 1 atom stereocenters. The molecular weight excluding hydrogens is 382 g/mol. The first-order valence-electron chi connectivity index (χ1n) is 7.81. The highest BCUT2D eigenvalue weighted by Gasteiger charge is 2.27. The summed E-state index contributed by atoms with van der Waals surface area (Å²) in [4.78, 5) is 18.3. The maximum Gasteiger partial charge on any atom is 0.349 e. The molecule has 1 aliphatic heterocycles. The van der Waals surface area contributed by atoms with Gasteiger partial charge in [0.2, 0.25) is 10.0 Å². The molecule has 136 valence electrons. The van der Waals surface area contributed by atoms with E-state index >= 15 is 0 Å². The lowest BCUT2D eigenvalue weighted by atomic mass is 9.99. The van der Waals surface area contributed by atoms with E-state index < -0.39 is 16.0 Å². The van der Waals surface area contributed by atoms with E-state index in [4.69, 9.17) is 0 Å². The van der Waals surface area contributed by atoms with Crippen molar-refractivity contribution in [2.24, 2.45) is 5.92 Å². The number of hydrogen-bond acceptors (Lipinski definition) is 8. The summed E-state index contributed by atoms with van der Waals surface area (Å²) in [5.41, 5.74) is 0. The largest absolute Gasteiger partial charge is 0.465 e. The number of piperidine rings is 1. The number of thiophene rings is 1. The number of anilines is 1. The Morgan fingerprint density at radius 1 is 1.44 bits per heavy atom. The van der Waals surface area contributed by atoms with Crippen molar-refractivity contribution in [1.29, 1.82) is 0 Å². The molecule has 1 fully saturated rings. The zero-order valence-electron chi connectivity index (χ0n) is 13.7. The van der Waals surface area contributed by atoms with Crippen molar-refractivity contribution in [2.75, 3.05) is 31.6 Å². The fourth-order valence-electron chi connectivity index (χ4n) is 2.83. The molecule has 1 N–H and O–H groups in total. The highest BCUT2D eigenvalue weighted by Crippen LogP contribution is 2.26. The standard InChI is InChI=1S/C15H19N3O4S3/c1-22-14(19)13-12(4-7-23-13)25(20,21)17-9-11-3-2-6-18(10-11)15-16-5-8-24-15/h4-5,7-8,11,17H,2-3,6,9-10H2,1H3. The van der Waals surface area contributed by atoms with Crippen LogP contribution in [0.5, 0.6) is 0 Å². The SMILES string of the molecule is COC(=O)c1sccc1S(=O)(=O)NCC1CCCN(c2nccs2)C1. The van der Waals surface area contributed by atoms with Crippen molar-refractivity contribution < 1.29 is 17.9 Å². The number of carbonyl (C=O) groups excluding carboxylic acids is 1. The number of nitrogens with zero attached hydrogens (tertiary/aromatic N) is 2. The number of sulfonamides is 1. The van der Waals surface area contributed by atoms with E-state index in [0.29, 0.717) is 6.54 Å². The summed E-state index contributed by atoms with van der Waals surface area (Å²) in [7, 11) is -2.51. The fraction of sp³-hybridized carbons (Fsp3) is 0.467. The first-order chi connectivity index (χ1) is 12.0. The van der Waals surface area contributed by atoms with Crippen molar-refractivity contribution in [3.8, 4) is 0 Å². The number of hydrogen-bond donors (Lipinski definition) is 1. The average molecular weight is 402 g/mol. The summed E-state index contributed by atoms with van der Waals surface area (Å²) in [6, 6.07) is 1.43. The van der Waals surface area contributed by atoms with Gasteiger partial charge in [0.15, 0.2) is 5.13 Å². The fourth-order valence-corrected chi connectivity index (χ4v) is 5.96. The lowest BCUT2D eigenvalue weighted by Crippen LogP contribution is -2.41. The van der Waals surface area contributed by atoms with Gasteiger partial charge in [0, 0.05) is 31.2 Å². The van der Waals surface area contributed by atoms with Gasteiger partial charge < -0.3 is 9.64 Å². The second-order valence-corrected chi connectivity index (χ2v) is 9.25. The molecule has 7 nitrogen and oxygen atoms in total. The van der Waals surface area contributed by atoms with Gasteiger partial charge in [-0.15, -0.1) is 22.7 Å². The van der Waals surface area contributed by atoms with Gasteiger partial charge in [0.25, 0.3) is 0 Å². The van der Waals surface area contributed by atoms with Crippen LogP contribution >= 0.6 is 22.7 Å². The van der Waals surface area contributed by atoms with Crippen LogP contribution < -0.4 is 9.62 Å². The van der Waals surface area contributed by atoms with Crippen molar-refractivity contribution in [3.63, 3.8) is 0 Å². The van der Waals surface area contributed by atoms with Gasteiger partial charge in [0.05, 0.1) is 7.11 Å². The van der Waals surface area contributed by atoms with E-state index in [1.165, 1.54) is 13.2 Å². The van der Waals surface area contributed by atoms with Crippen LogP contribution in [-0.2, 0) is 14.8 Å². The number of nitrogens with one attached hydrogen (secondary N) is 1. The van der Waals surface area contributed by atoms with Gasteiger partial charge >= 0.3 is 5.97 Å². The van der Waals surface area contributed by atoms with Crippen molar-refractivity contribution in [3.05, 3.63) is 27.9 Å². The number of carbonyl (C=O) groups is 1. The third-order valence-electron chi connectivity index (χ3n) is 4.06. The Labute approximate surface area is 154 Å². The van der Waals surface area contributed by atoms with Gasteiger partial charge in [-0.1, -0.05) is 0 Å². The third-order valence-corrected chi connectivity index (χ3v) is 7.38. The normalized spacial score (nSPS) is 18.3. The highest BCUT2D eigenvalue weighted by atomic mass is 32.2. The summed E-state index contributed by atoms with van der Waals surface area (Å²) >= 11 is 2.65. The van der Waals surface area contributed by atoms with Gasteiger partial charge in [-0.2, -0.15) is 0 Å². The van der Waals surface area contributed by atoms with E-state index in [0.717, 1.165) is 42.4 Å². The Bertz CT molecular complexity index is 817. The Kier molecular flexibility index (Phi) is 5.72. The molecule has 0 amide bonds. The smallest absolute Gasteiger partial charge is 0.349 e. The summed E-state index contributed by atoms with van der Waals surface area (Å²) in [6.45, 7) is 2.04. The van der Waals surface area contributed by atoms with Gasteiger partial charge in [-0.25, -0.2) is 22.9 Å². The summed E-state index contributed by atoms with van der Waals surface area (Å²) < 4.78 is 32.4. The van der Waals surface area contributed by atoms with Crippen molar-refractivity contribution in [2.45, 2.75) is 17.7 Å². The molecule has 1 saturated heterocycles. The molecule has 0 radical (unpaired) electrons. The van der Waals surface area contributed by atoms with Gasteiger partial charge in [-0.05, 0) is 30.2 Å². The minimum atomic E-state index is -3.75. The van der Waals surface area contributed by atoms with Crippen LogP contribution in [0.3, 0.4) is 0 Å². The van der Waals surface area contributed by atoms with E-state index in [2.05, 4.69) is 19.3 Å². The lowest BCUT2D eigenvalue weighted by molar-refractivity contribution is 0.0602. The number of rotatable bonds is 6.